The second-order valence-corrected chi connectivity index (χ2v) is 6.67. The predicted molar refractivity (Wildman–Crippen MR) is 92.7 cm³/mol. The highest BCUT2D eigenvalue weighted by Crippen LogP contribution is 2.26. The molecule has 1 aliphatic rings. The highest BCUT2D eigenvalue weighted by atomic mass is 79.9. The molecule has 21 heavy (non-hydrogen) atoms. The Morgan fingerprint density at radius 3 is 2.71 bits per heavy atom. The number of aryl methyl sites for hydroxylation is 2. The topological polar surface area (TPSA) is 29.9 Å². The maximum Gasteiger partial charge on any atom is 0.0766 e. The van der Waals surface area contributed by atoms with E-state index in [9.17, 15) is 0 Å². The van der Waals surface area contributed by atoms with Crippen LogP contribution in [0.3, 0.4) is 0 Å². The number of likely N-dealkylation sites (N-methyl/N-ethyl adjacent to an activating group) is 1. The van der Waals surface area contributed by atoms with E-state index < -0.39 is 0 Å². The smallest absolute Gasteiger partial charge is 0.0766 e. The lowest BCUT2D eigenvalue weighted by atomic mass is 9.93. The van der Waals surface area contributed by atoms with Crippen LogP contribution in [0.2, 0.25) is 0 Å². The molecule has 0 radical (unpaired) electrons. The molecule has 2 rings (SSSR count). The van der Waals surface area contributed by atoms with Gasteiger partial charge < -0.3 is 5.32 Å². The molecule has 1 aromatic heterocycles. The molecule has 0 saturated heterocycles. The van der Waals surface area contributed by atoms with Gasteiger partial charge in [-0.1, -0.05) is 18.6 Å². The van der Waals surface area contributed by atoms with Gasteiger partial charge in [0.2, 0.25) is 0 Å². The van der Waals surface area contributed by atoms with E-state index in [0.29, 0.717) is 6.04 Å². The first kappa shape index (κ1) is 16.8. The lowest BCUT2D eigenvalue weighted by Gasteiger charge is -2.21. The Kier molecular flexibility index (Phi) is 6.49. The summed E-state index contributed by atoms with van der Waals surface area (Å²) in [6, 6.07) is 0.498. The van der Waals surface area contributed by atoms with E-state index in [-0.39, 0.29) is 0 Å². The molecule has 0 fully saturated rings. The summed E-state index contributed by atoms with van der Waals surface area (Å²) in [5.74, 6) is 0. The molecule has 0 aliphatic heterocycles. The van der Waals surface area contributed by atoms with Crippen LogP contribution in [0.15, 0.2) is 16.1 Å². The Labute approximate surface area is 137 Å². The van der Waals surface area contributed by atoms with Crippen LogP contribution >= 0.6 is 15.9 Å². The SMILES string of the molecule is CCc1nn(CC)c(CC(CC2=CCCCC2)NC)c1Br. The lowest BCUT2D eigenvalue weighted by molar-refractivity contribution is 0.504. The van der Waals surface area contributed by atoms with Crippen LogP contribution in [0.1, 0.15) is 57.3 Å². The van der Waals surface area contributed by atoms with Crippen LogP contribution in [-0.2, 0) is 19.4 Å². The van der Waals surface area contributed by atoms with Gasteiger partial charge in [0, 0.05) is 19.0 Å². The van der Waals surface area contributed by atoms with Crippen molar-refractivity contribution < 1.29 is 0 Å². The van der Waals surface area contributed by atoms with Crippen molar-refractivity contribution in [2.24, 2.45) is 0 Å². The number of halogens is 1. The first-order valence-corrected chi connectivity index (χ1v) is 9.08. The van der Waals surface area contributed by atoms with Crippen LogP contribution in [0, 0.1) is 0 Å². The van der Waals surface area contributed by atoms with E-state index in [1.807, 2.05) is 0 Å². The van der Waals surface area contributed by atoms with Gasteiger partial charge >= 0.3 is 0 Å². The summed E-state index contributed by atoms with van der Waals surface area (Å²) in [6.07, 6.45) is 10.9. The van der Waals surface area contributed by atoms with Crippen molar-refractivity contribution in [2.45, 2.75) is 71.4 Å². The van der Waals surface area contributed by atoms with Crippen LogP contribution in [-0.4, -0.2) is 22.9 Å². The van der Waals surface area contributed by atoms with Gasteiger partial charge in [-0.15, -0.1) is 0 Å². The third-order valence-corrected chi connectivity index (χ3v) is 5.35. The Balaban J connectivity index is 2.10. The van der Waals surface area contributed by atoms with E-state index in [1.54, 1.807) is 5.57 Å². The molecule has 3 nitrogen and oxygen atoms in total. The predicted octanol–water partition coefficient (Wildman–Crippen LogP) is 4.25. The van der Waals surface area contributed by atoms with E-state index in [4.69, 9.17) is 5.10 Å². The second kappa shape index (κ2) is 8.14. The van der Waals surface area contributed by atoms with Crippen molar-refractivity contribution in [1.29, 1.82) is 0 Å². The zero-order chi connectivity index (χ0) is 15.2. The molecule has 118 valence electrons. The molecular formula is C17H28BrN3. The Bertz CT molecular complexity index is 490. The molecule has 1 aliphatic carbocycles. The molecule has 0 bridgehead atoms. The number of rotatable bonds is 7. The fourth-order valence-corrected chi connectivity index (χ4v) is 3.85. The Morgan fingerprint density at radius 2 is 2.14 bits per heavy atom. The van der Waals surface area contributed by atoms with Crippen molar-refractivity contribution >= 4 is 15.9 Å². The van der Waals surface area contributed by atoms with Gasteiger partial charge in [0.25, 0.3) is 0 Å². The molecule has 4 heteroatoms. The highest BCUT2D eigenvalue weighted by Gasteiger charge is 2.19. The van der Waals surface area contributed by atoms with E-state index in [2.05, 4.69) is 52.9 Å². The molecule has 1 heterocycles. The van der Waals surface area contributed by atoms with Crippen LogP contribution in [0.4, 0.5) is 0 Å². The third-order valence-electron chi connectivity index (χ3n) is 4.44. The standard InChI is InChI=1S/C17H28BrN3/c1-4-15-17(18)16(21(5-2)20-15)12-14(19-3)11-13-9-7-6-8-10-13/h9,14,19H,4-8,10-12H2,1-3H3. The quantitative estimate of drug-likeness (QED) is 0.742. The summed E-state index contributed by atoms with van der Waals surface area (Å²) < 4.78 is 3.37. The fourth-order valence-electron chi connectivity index (χ4n) is 3.13. The summed E-state index contributed by atoms with van der Waals surface area (Å²) in [7, 11) is 2.08. The number of nitrogens with zero attached hydrogens (tertiary/aromatic N) is 2. The van der Waals surface area contributed by atoms with Crippen molar-refractivity contribution in [3.05, 3.63) is 27.5 Å². The second-order valence-electron chi connectivity index (χ2n) is 5.88. The van der Waals surface area contributed by atoms with Gasteiger partial charge in [-0.05, 0) is 68.4 Å². The Morgan fingerprint density at radius 1 is 1.33 bits per heavy atom. The van der Waals surface area contributed by atoms with E-state index in [1.165, 1.54) is 48.0 Å². The molecule has 0 aromatic carbocycles. The van der Waals surface area contributed by atoms with Crippen LogP contribution in [0.25, 0.3) is 0 Å². The number of hydrogen-bond donors (Lipinski definition) is 1. The van der Waals surface area contributed by atoms with Crippen molar-refractivity contribution in [3.8, 4) is 0 Å². The maximum atomic E-state index is 4.71. The molecule has 1 N–H and O–H groups in total. The minimum Gasteiger partial charge on any atom is -0.316 e. The first-order chi connectivity index (χ1) is 10.2. The van der Waals surface area contributed by atoms with Crippen LogP contribution < -0.4 is 5.32 Å². The number of aromatic nitrogens is 2. The minimum atomic E-state index is 0.498. The highest BCUT2D eigenvalue weighted by molar-refractivity contribution is 9.10. The molecule has 0 spiro atoms. The van der Waals surface area contributed by atoms with Crippen molar-refractivity contribution in [2.75, 3.05) is 7.05 Å². The van der Waals surface area contributed by atoms with Crippen LogP contribution in [0.5, 0.6) is 0 Å². The number of hydrogen-bond acceptors (Lipinski definition) is 2. The summed E-state index contributed by atoms with van der Waals surface area (Å²) in [5.41, 5.74) is 4.15. The van der Waals surface area contributed by atoms with Crippen molar-refractivity contribution in [3.63, 3.8) is 0 Å². The molecule has 1 atom stereocenters. The van der Waals surface area contributed by atoms with E-state index >= 15 is 0 Å². The van der Waals surface area contributed by atoms with Gasteiger partial charge in [0.05, 0.1) is 15.9 Å². The zero-order valence-corrected chi connectivity index (χ0v) is 15.2. The summed E-state index contributed by atoms with van der Waals surface area (Å²) >= 11 is 3.76. The molecule has 1 unspecified atom stereocenters. The lowest BCUT2D eigenvalue weighted by Crippen LogP contribution is -2.29. The largest absolute Gasteiger partial charge is 0.316 e. The van der Waals surface area contributed by atoms with E-state index in [0.717, 1.165) is 19.4 Å². The summed E-state index contributed by atoms with van der Waals surface area (Å²) in [5, 5.41) is 8.21. The van der Waals surface area contributed by atoms with Gasteiger partial charge in [0.1, 0.15) is 0 Å². The number of allylic oxidation sites excluding steroid dienone is 1. The van der Waals surface area contributed by atoms with Gasteiger partial charge in [-0.25, -0.2) is 0 Å². The van der Waals surface area contributed by atoms with Gasteiger partial charge in [-0.3, -0.25) is 4.68 Å². The minimum absolute atomic E-state index is 0.498. The van der Waals surface area contributed by atoms with Gasteiger partial charge in [-0.2, -0.15) is 5.10 Å². The molecule has 1 aromatic rings. The average molecular weight is 354 g/mol. The monoisotopic (exact) mass is 353 g/mol. The molecule has 0 saturated carbocycles. The Hall–Kier alpha value is -0.610. The van der Waals surface area contributed by atoms with Gasteiger partial charge in [0.15, 0.2) is 0 Å². The molecule has 0 amide bonds. The summed E-state index contributed by atoms with van der Waals surface area (Å²) in [4.78, 5) is 0. The molecular weight excluding hydrogens is 326 g/mol. The fraction of sp³-hybridized carbons (Fsp3) is 0.706. The summed E-state index contributed by atoms with van der Waals surface area (Å²) in [6.45, 7) is 5.27. The normalized spacial score (nSPS) is 16.9. The number of nitrogens with one attached hydrogen (secondary N) is 1. The van der Waals surface area contributed by atoms with Crippen molar-refractivity contribution in [1.82, 2.24) is 15.1 Å². The average Bonchev–Trinajstić information content (AvgIpc) is 2.83. The first-order valence-electron chi connectivity index (χ1n) is 8.28. The maximum absolute atomic E-state index is 4.71. The zero-order valence-electron chi connectivity index (χ0n) is 13.6. The third kappa shape index (κ3) is 4.19.